The highest BCUT2D eigenvalue weighted by atomic mass is 32.1. The van der Waals surface area contributed by atoms with Crippen LogP contribution in [0.1, 0.15) is 12.5 Å². The Bertz CT molecular complexity index is 1040. The molecule has 0 atom stereocenters. The van der Waals surface area contributed by atoms with Crippen LogP contribution in [0.3, 0.4) is 0 Å². The number of ether oxygens (including phenoxy) is 1. The average Bonchev–Trinajstić information content (AvgIpc) is 3.16. The molecule has 0 aliphatic heterocycles. The van der Waals surface area contributed by atoms with Gasteiger partial charge in [0.25, 0.3) is 0 Å². The lowest BCUT2D eigenvalue weighted by atomic mass is 10.1. The van der Waals surface area contributed by atoms with Crippen LogP contribution in [0, 0.1) is 29.1 Å². The number of rotatable bonds is 6. The largest absolute Gasteiger partial charge is 0.494 e. The van der Waals surface area contributed by atoms with Crippen LogP contribution in [-0.2, 0) is 6.54 Å². The van der Waals surface area contributed by atoms with Gasteiger partial charge in [0.15, 0.2) is 34.2 Å². The van der Waals surface area contributed by atoms with E-state index in [0.717, 1.165) is 4.68 Å². The van der Waals surface area contributed by atoms with Crippen molar-refractivity contribution in [3.05, 3.63) is 71.2 Å². The zero-order valence-electron chi connectivity index (χ0n) is 15.5. The van der Waals surface area contributed by atoms with Crippen molar-refractivity contribution in [3.8, 4) is 5.75 Å². The molecule has 0 saturated heterocycles. The van der Waals surface area contributed by atoms with Gasteiger partial charge in [0, 0.05) is 18.0 Å². The lowest BCUT2D eigenvalue weighted by Gasteiger charge is -2.10. The minimum absolute atomic E-state index is 0.181. The van der Waals surface area contributed by atoms with Crippen LogP contribution in [0.5, 0.6) is 5.75 Å². The van der Waals surface area contributed by atoms with Gasteiger partial charge >= 0.3 is 0 Å². The first-order valence-corrected chi connectivity index (χ1v) is 9.05. The smallest absolute Gasteiger partial charge is 0.200 e. The summed E-state index contributed by atoms with van der Waals surface area (Å²) >= 11 is 5.17. The van der Waals surface area contributed by atoms with E-state index in [9.17, 15) is 22.0 Å². The lowest BCUT2D eigenvalue weighted by molar-refractivity contribution is 0.340. The SMILES string of the molecule is CCOc1ccc(NC(=S)Nc2ccn(Cc3c(F)c(F)c(F)c(F)c3F)n2)cc1. The van der Waals surface area contributed by atoms with E-state index in [1.54, 1.807) is 24.3 Å². The summed E-state index contributed by atoms with van der Waals surface area (Å²) in [5.41, 5.74) is -0.312. The summed E-state index contributed by atoms with van der Waals surface area (Å²) in [5, 5.41) is 9.83. The molecule has 3 rings (SSSR count). The monoisotopic (exact) mass is 442 g/mol. The van der Waals surface area contributed by atoms with Gasteiger partial charge in [-0.1, -0.05) is 0 Å². The minimum Gasteiger partial charge on any atom is -0.494 e. The van der Waals surface area contributed by atoms with Gasteiger partial charge in [0.1, 0.15) is 5.75 Å². The highest BCUT2D eigenvalue weighted by Crippen LogP contribution is 2.24. The van der Waals surface area contributed by atoms with E-state index < -0.39 is 41.2 Å². The van der Waals surface area contributed by atoms with E-state index in [0.29, 0.717) is 18.0 Å². The Morgan fingerprint density at radius 2 is 1.53 bits per heavy atom. The van der Waals surface area contributed by atoms with Crippen LogP contribution in [0.25, 0.3) is 0 Å². The topological polar surface area (TPSA) is 51.1 Å². The first-order valence-electron chi connectivity index (χ1n) is 8.64. The second-order valence-corrected chi connectivity index (χ2v) is 6.39. The Hall–Kier alpha value is -3.21. The minimum atomic E-state index is -2.21. The van der Waals surface area contributed by atoms with Gasteiger partial charge in [0.05, 0.1) is 18.7 Å². The fourth-order valence-corrected chi connectivity index (χ4v) is 2.77. The zero-order chi connectivity index (χ0) is 21.8. The number of hydrogen-bond donors (Lipinski definition) is 2. The third kappa shape index (κ3) is 4.67. The summed E-state index contributed by atoms with van der Waals surface area (Å²) < 4.78 is 73.7. The molecule has 11 heteroatoms. The molecule has 158 valence electrons. The molecule has 0 aliphatic carbocycles. The lowest BCUT2D eigenvalue weighted by Crippen LogP contribution is -2.19. The first kappa shape index (κ1) is 21.5. The number of aromatic nitrogens is 2. The quantitative estimate of drug-likeness (QED) is 0.248. The summed E-state index contributed by atoms with van der Waals surface area (Å²) in [6.07, 6.45) is 1.31. The normalized spacial score (nSPS) is 10.7. The molecular weight excluding hydrogens is 427 g/mol. The second kappa shape index (κ2) is 9.08. The number of anilines is 2. The highest BCUT2D eigenvalue weighted by molar-refractivity contribution is 7.80. The third-order valence-electron chi connectivity index (χ3n) is 3.93. The molecule has 0 amide bonds. The maximum Gasteiger partial charge on any atom is 0.200 e. The van der Waals surface area contributed by atoms with E-state index in [1.807, 2.05) is 6.92 Å². The summed E-state index contributed by atoms with van der Waals surface area (Å²) in [6, 6.07) is 8.44. The van der Waals surface area contributed by atoms with Crippen LogP contribution >= 0.6 is 12.2 Å². The van der Waals surface area contributed by atoms with Crippen molar-refractivity contribution in [3.63, 3.8) is 0 Å². The maximum atomic E-state index is 13.8. The molecule has 1 heterocycles. The molecule has 1 aromatic heterocycles. The number of nitrogens with zero attached hydrogens (tertiary/aromatic N) is 2. The molecule has 0 bridgehead atoms. The van der Waals surface area contributed by atoms with Crippen molar-refractivity contribution in [1.29, 1.82) is 0 Å². The van der Waals surface area contributed by atoms with Crippen LogP contribution in [0.2, 0.25) is 0 Å². The third-order valence-corrected chi connectivity index (χ3v) is 4.13. The summed E-state index contributed by atoms with van der Waals surface area (Å²) in [5.74, 6) is -9.10. The van der Waals surface area contributed by atoms with E-state index in [1.165, 1.54) is 12.3 Å². The number of benzene rings is 2. The summed E-state index contributed by atoms with van der Waals surface area (Å²) in [4.78, 5) is 0. The van der Waals surface area contributed by atoms with Gasteiger partial charge in [-0.2, -0.15) is 5.10 Å². The van der Waals surface area contributed by atoms with Crippen molar-refractivity contribution >= 4 is 28.8 Å². The molecule has 0 saturated carbocycles. The summed E-state index contributed by atoms with van der Waals surface area (Å²) in [6.45, 7) is 1.75. The molecular formula is C19H15F5N4OS. The predicted octanol–water partition coefficient (Wildman–Crippen LogP) is 4.83. The predicted molar refractivity (Wildman–Crippen MR) is 105 cm³/mol. The Labute approximate surface area is 173 Å². The average molecular weight is 442 g/mol. The molecule has 0 aliphatic rings. The van der Waals surface area contributed by atoms with Gasteiger partial charge in [-0.25, -0.2) is 22.0 Å². The van der Waals surface area contributed by atoms with E-state index >= 15 is 0 Å². The van der Waals surface area contributed by atoms with Crippen molar-refractivity contribution in [2.24, 2.45) is 0 Å². The Morgan fingerprint density at radius 3 is 2.13 bits per heavy atom. The number of hydrogen-bond acceptors (Lipinski definition) is 3. The number of halogens is 5. The molecule has 2 aromatic carbocycles. The van der Waals surface area contributed by atoms with E-state index in [4.69, 9.17) is 17.0 Å². The molecule has 0 fully saturated rings. The standard InChI is InChI=1S/C19H15F5N4OS/c1-2-29-11-5-3-10(4-6-11)25-19(30)26-13-7-8-28(27-13)9-12-14(20)16(22)18(24)17(23)15(12)21/h3-8H,2,9H2,1H3,(H2,25,26,27,30). The Morgan fingerprint density at radius 1 is 0.933 bits per heavy atom. The van der Waals surface area contributed by atoms with Gasteiger partial charge in [0.2, 0.25) is 5.82 Å². The van der Waals surface area contributed by atoms with Crippen LogP contribution < -0.4 is 15.4 Å². The Balaban J connectivity index is 1.66. The summed E-state index contributed by atoms with van der Waals surface area (Å²) in [7, 11) is 0. The van der Waals surface area contributed by atoms with Crippen molar-refractivity contribution in [1.82, 2.24) is 9.78 Å². The van der Waals surface area contributed by atoms with Crippen molar-refractivity contribution in [2.45, 2.75) is 13.5 Å². The van der Waals surface area contributed by atoms with Gasteiger partial charge in [-0.3, -0.25) is 4.68 Å². The van der Waals surface area contributed by atoms with Gasteiger partial charge < -0.3 is 15.4 Å². The zero-order valence-corrected chi connectivity index (χ0v) is 16.3. The fourth-order valence-electron chi connectivity index (χ4n) is 2.55. The first-order chi connectivity index (χ1) is 14.3. The maximum absolute atomic E-state index is 13.8. The number of nitrogens with one attached hydrogen (secondary N) is 2. The molecule has 2 N–H and O–H groups in total. The molecule has 30 heavy (non-hydrogen) atoms. The fraction of sp³-hybridized carbons (Fsp3) is 0.158. The molecule has 0 unspecified atom stereocenters. The highest BCUT2D eigenvalue weighted by Gasteiger charge is 2.25. The van der Waals surface area contributed by atoms with Crippen molar-refractivity contribution < 1.29 is 26.7 Å². The van der Waals surface area contributed by atoms with Crippen molar-refractivity contribution in [2.75, 3.05) is 17.2 Å². The molecule has 0 radical (unpaired) electrons. The van der Waals surface area contributed by atoms with Gasteiger partial charge in [-0.15, -0.1) is 0 Å². The van der Waals surface area contributed by atoms with Gasteiger partial charge in [-0.05, 0) is 43.4 Å². The van der Waals surface area contributed by atoms with Crippen LogP contribution in [-0.4, -0.2) is 21.5 Å². The number of thiocarbonyl (C=S) groups is 1. The van der Waals surface area contributed by atoms with Crippen LogP contribution in [0.4, 0.5) is 33.5 Å². The molecule has 5 nitrogen and oxygen atoms in total. The van der Waals surface area contributed by atoms with E-state index in [2.05, 4.69) is 15.7 Å². The molecule has 0 spiro atoms. The second-order valence-electron chi connectivity index (χ2n) is 5.98. The molecule has 3 aromatic rings. The Kier molecular flexibility index (Phi) is 6.50. The van der Waals surface area contributed by atoms with E-state index in [-0.39, 0.29) is 10.9 Å². The van der Waals surface area contributed by atoms with Crippen LogP contribution in [0.15, 0.2) is 36.5 Å².